The number of amides is 1. The van der Waals surface area contributed by atoms with E-state index in [1.54, 1.807) is 16.8 Å². The van der Waals surface area contributed by atoms with Crippen LogP contribution in [0.25, 0.3) is 0 Å². The van der Waals surface area contributed by atoms with Crippen LogP contribution in [0.4, 0.5) is 0 Å². The van der Waals surface area contributed by atoms with E-state index in [-0.39, 0.29) is 12.5 Å². The van der Waals surface area contributed by atoms with Crippen molar-refractivity contribution in [3.8, 4) is 6.07 Å². The van der Waals surface area contributed by atoms with Gasteiger partial charge in [0.2, 0.25) is 5.91 Å². The van der Waals surface area contributed by atoms with Crippen molar-refractivity contribution in [1.82, 2.24) is 19.6 Å². The van der Waals surface area contributed by atoms with Crippen molar-refractivity contribution in [3.63, 3.8) is 0 Å². The number of hydrogen-bond acceptors (Lipinski definition) is 4. The first-order valence-electron chi connectivity index (χ1n) is 8.31. The number of aryl methyl sites for hydroxylation is 2. The summed E-state index contributed by atoms with van der Waals surface area (Å²) in [4.78, 5) is 16.7. The molecule has 1 aromatic carbocycles. The molecular formula is C19H25N5O. The number of carbonyl (C=O) groups excluding carboxylic acids is 1. The Balaban J connectivity index is 2.11. The van der Waals surface area contributed by atoms with E-state index in [0.717, 1.165) is 23.5 Å². The molecule has 0 radical (unpaired) electrons. The Bertz CT molecular complexity index is 755. The number of hydrogen-bond donors (Lipinski definition) is 0. The van der Waals surface area contributed by atoms with Gasteiger partial charge in [-0.15, -0.1) is 0 Å². The minimum Gasteiger partial charge on any atom is -0.335 e. The zero-order valence-corrected chi connectivity index (χ0v) is 15.4. The molecule has 0 unspecified atom stereocenters. The maximum absolute atomic E-state index is 12.8. The molecule has 0 fully saturated rings. The third-order valence-corrected chi connectivity index (χ3v) is 4.01. The van der Waals surface area contributed by atoms with E-state index < -0.39 is 0 Å². The first kappa shape index (κ1) is 18.7. The number of aromatic nitrogens is 2. The van der Waals surface area contributed by atoms with Crippen LogP contribution in [-0.4, -0.2) is 52.7 Å². The molecule has 0 bridgehead atoms. The quantitative estimate of drug-likeness (QED) is 0.773. The summed E-state index contributed by atoms with van der Waals surface area (Å²) in [5, 5.41) is 13.3. The van der Waals surface area contributed by atoms with E-state index in [4.69, 9.17) is 5.26 Å². The van der Waals surface area contributed by atoms with E-state index >= 15 is 0 Å². The number of nitriles is 1. The van der Waals surface area contributed by atoms with Crippen LogP contribution in [0.5, 0.6) is 0 Å². The van der Waals surface area contributed by atoms with Gasteiger partial charge in [0.15, 0.2) is 0 Å². The van der Waals surface area contributed by atoms with Crippen molar-refractivity contribution < 1.29 is 4.79 Å². The van der Waals surface area contributed by atoms with Crippen LogP contribution < -0.4 is 0 Å². The summed E-state index contributed by atoms with van der Waals surface area (Å²) in [5.74, 6) is 0.0393. The molecule has 0 aliphatic carbocycles. The van der Waals surface area contributed by atoms with E-state index in [0.29, 0.717) is 18.7 Å². The molecule has 0 aliphatic heterocycles. The maximum Gasteiger partial charge on any atom is 0.244 e. The molecule has 6 heteroatoms. The third-order valence-electron chi connectivity index (χ3n) is 4.01. The number of carbonyl (C=O) groups is 1. The topological polar surface area (TPSA) is 65.2 Å². The minimum absolute atomic E-state index is 0.0393. The lowest BCUT2D eigenvalue weighted by Crippen LogP contribution is -2.38. The van der Waals surface area contributed by atoms with Crippen molar-refractivity contribution in [1.29, 1.82) is 5.26 Å². The largest absolute Gasteiger partial charge is 0.335 e. The molecule has 0 N–H and O–H groups in total. The van der Waals surface area contributed by atoms with Crippen LogP contribution in [0.1, 0.15) is 22.5 Å². The Morgan fingerprint density at radius 2 is 1.88 bits per heavy atom. The lowest BCUT2D eigenvalue weighted by atomic mass is 10.1. The summed E-state index contributed by atoms with van der Waals surface area (Å²) in [5.41, 5.74) is 3.53. The molecule has 1 heterocycles. The van der Waals surface area contributed by atoms with Crippen LogP contribution in [0.2, 0.25) is 0 Å². The highest BCUT2D eigenvalue weighted by atomic mass is 16.2. The van der Waals surface area contributed by atoms with Crippen LogP contribution in [0.3, 0.4) is 0 Å². The fourth-order valence-corrected chi connectivity index (χ4v) is 2.58. The molecule has 0 aliphatic rings. The maximum atomic E-state index is 12.8. The summed E-state index contributed by atoms with van der Waals surface area (Å²) in [7, 11) is 3.98. The number of rotatable bonds is 7. The van der Waals surface area contributed by atoms with Crippen LogP contribution in [0, 0.1) is 25.2 Å². The van der Waals surface area contributed by atoms with Gasteiger partial charge in [-0.2, -0.15) is 10.4 Å². The lowest BCUT2D eigenvalue weighted by Gasteiger charge is -2.25. The summed E-state index contributed by atoms with van der Waals surface area (Å²) in [6.07, 6.45) is 0. The van der Waals surface area contributed by atoms with Crippen LogP contribution in [-0.2, 0) is 17.9 Å². The molecule has 6 nitrogen and oxygen atoms in total. The monoisotopic (exact) mass is 339 g/mol. The third kappa shape index (κ3) is 5.44. The Labute approximate surface area is 149 Å². The van der Waals surface area contributed by atoms with Crippen molar-refractivity contribution >= 4 is 5.91 Å². The van der Waals surface area contributed by atoms with Crippen molar-refractivity contribution in [2.75, 3.05) is 27.2 Å². The molecule has 1 aromatic heterocycles. The zero-order valence-electron chi connectivity index (χ0n) is 15.4. The Hall–Kier alpha value is -2.65. The van der Waals surface area contributed by atoms with Gasteiger partial charge in [0.05, 0.1) is 17.3 Å². The summed E-state index contributed by atoms with van der Waals surface area (Å²) < 4.78 is 1.75. The van der Waals surface area contributed by atoms with Crippen LogP contribution in [0.15, 0.2) is 30.3 Å². The molecule has 132 valence electrons. The van der Waals surface area contributed by atoms with Gasteiger partial charge in [0.25, 0.3) is 0 Å². The molecule has 2 aromatic rings. The average molecular weight is 339 g/mol. The van der Waals surface area contributed by atoms with Gasteiger partial charge in [-0.3, -0.25) is 9.48 Å². The minimum atomic E-state index is 0.0393. The molecule has 2 rings (SSSR count). The normalized spacial score (nSPS) is 10.7. The van der Waals surface area contributed by atoms with E-state index in [1.807, 2.05) is 51.0 Å². The smallest absolute Gasteiger partial charge is 0.244 e. The van der Waals surface area contributed by atoms with Crippen LogP contribution >= 0.6 is 0 Å². The predicted octanol–water partition coefficient (Wildman–Crippen LogP) is 1.96. The van der Waals surface area contributed by atoms with Crippen molar-refractivity contribution in [2.45, 2.75) is 26.9 Å². The first-order chi connectivity index (χ1) is 11.9. The highest BCUT2D eigenvalue weighted by Crippen LogP contribution is 2.09. The molecule has 0 saturated heterocycles. The molecular weight excluding hydrogens is 314 g/mol. The van der Waals surface area contributed by atoms with Gasteiger partial charge in [-0.05, 0) is 51.7 Å². The lowest BCUT2D eigenvalue weighted by molar-refractivity contribution is -0.132. The van der Waals surface area contributed by atoms with Gasteiger partial charge in [-0.25, -0.2) is 0 Å². The summed E-state index contributed by atoms with van der Waals surface area (Å²) in [6.45, 7) is 6.08. The summed E-state index contributed by atoms with van der Waals surface area (Å²) >= 11 is 0. The number of likely N-dealkylation sites (N-methyl/N-ethyl adjacent to an activating group) is 1. The molecule has 25 heavy (non-hydrogen) atoms. The Morgan fingerprint density at radius 3 is 2.40 bits per heavy atom. The number of benzene rings is 1. The van der Waals surface area contributed by atoms with Gasteiger partial charge < -0.3 is 9.80 Å². The molecule has 0 saturated carbocycles. The fraction of sp³-hybridized carbons (Fsp3) is 0.421. The van der Waals surface area contributed by atoms with E-state index in [2.05, 4.69) is 16.1 Å². The van der Waals surface area contributed by atoms with Crippen molar-refractivity contribution in [2.24, 2.45) is 0 Å². The van der Waals surface area contributed by atoms with Gasteiger partial charge in [0.1, 0.15) is 6.54 Å². The van der Waals surface area contributed by atoms with Gasteiger partial charge in [0, 0.05) is 25.3 Å². The standard InChI is InChI=1S/C19H25N5O/c1-15-11-16(2)24(21-15)14-19(25)23(10-9-22(3)4)13-18-7-5-17(12-20)6-8-18/h5-8,11H,9-10,13-14H2,1-4H3. The highest BCUT2D eigenvalue weighted by molar-refractivity contribution is 5.76. The Kier molecular flexibility index (Phi) is 6.31. The first-order valence-corrected chi connectivity index (χ1v) is 8.31. The fourth-order valence-electron chi connectivity index (χ4n) is 2.58. The van der Waals surface area contributed by atoms with Gasteiger partial charge in [-0.1, -0.05) is 12.1 Å². The molecule has 0 atom stereocenters. The second kappa shape index (κ2) is 8.45. The second-order valence-electron chi connectivity index (χ2n) is 6.51. The van der Waals surface area contributed by atoms with Crippen molar-refractivity contribution in [3.05, 3.63) is 52.8 Å². The average Bonchev–Trinajstić information content (AvgIpc) is 2.89. The van der Waals surface area contributed by atoms with E-state index in [9.17, 15) is 4.79 Å². The number of nitrogens with zero attached hydrogens (tertiary/aromatic N) is 5. The zero-order chi connectivity index (χ0) is 18.4. The molecule has 0 spiro atoms. The second-order valence-corrected chi connectivity index (χ2v) is 6.51. The van der Waals surface area contributed by atoms with E-state index in [1.165, 1.54) is 0 Å². The molecule has 1 amide bonds. The Morgan fingerprint density at radius 1 is 1.20 bits per heavy atom. The summed E-state index contributed by atoms with van der Waals surface area (Å²) in [6, 6.07) is 11.4. The SMILES string of the molecule is Cc1cc(C)n(CC(=O)N(CCN(C)C)Cc2ccc(C#N)cc2)n1. The highest BCUT2D eigenvalue weighted by Gasteiger charge is 2.16. The predicted molar refractivity (Wildman–Crippen MR) is 96.8 cm³/mol. The van der Waals surface area contributed by atoms with Gasteiger partial charge >= 0.3 is 0 Å².